The molecule has 0 atom stereocenters. The van der Waals surface area contributed by atoms with Crippen molar-refractivity contribution in [2.45, 2.75) is 33.4 Å². The van der Waals surface area contributed by atoms with Crippen LogP contribution in [-0.2, 0) is 6.42 Å². The van der Waals surface area contributed by atoms with Gasteiger partial charge in [-0.1, -0.05) is 26.8 Å². The predicted molar refractivity (Wildman–Crippen MR) is 75.2 cm³/mol. The van der Waals surface area contributed by atoms with Crippen LogP contribution in [-0.4, -0.2) is 21.5 Å². The van der Waals surface area contributed by atoms with Crippen molar-refractivity contribution in [1.29, 1.82) is 0 Å². The van der Waals surface area contributed by atoms with E-state index in [9.17, 15) is 13.9 Å². The zero-order valence-corrected chi connectivity index (χ0v) is 12.0. The number of alkyl halides is 1. The molecule has 4 nitrogen and oxygen atoms in total. The Morgan fingerprint density at radius 3 is 2.33 bits per heavy atom. The number of ether oxygens (including phenoxy) is 1. The number of fused-ring (bicyclic) bond motifs is 1. The molecular formula is C15H18F2O4. The standard InChI is InChI=1S/C13H12F2O4.C2H6/c1-2-7-5-9(16)6-8-3-4-10(14)12(11(7)8)19-13(15,17)18;1-2/h3-6,16-18H,2H2,1H3;1-2H3. The van der Waals surface area contributed by atoms with Gasteiger partial charge in [0.1, 0.15) is 5.75 Å². The van der Waals surface area contributed by atoms with Gasteiger partial charge in [-0.15, -0.1) is 4.39 Å². The lowest BCUT2D eigenvalue weighted by atomic mass is 10.0. The van der Waals surface area contributed by atoms with Crippen molar-refractivity contribution in [2.75, 3.05) is 0 Å². The van der Waals surface area contributed by atoms with Gasteiger partial charge in [-0.05, 0) is 35.6 Å². The Morgan fingerprint density at radius 1 is 1.19 bits per heavy atom. The molecule has 0 saturated heterocycles. The highest BCUT2D eigenvalue weighted by Gasteiger charge is 2.28. The van der Waals surface area contributed by atoms with Crippen molar-refractivity contribution in [3.8, 4) is 11.5 Å². The van der Waals surface area contributed by atoms with Crippen LogP contribution in [0, 0.1) is 5.82 Å². The Morgan fingerprint density at radius 2 is 1.81 bits per heavy atom. The van der Waals surface area contributed by atoms with Crippen LogP contribution in [0.15, 0.2) is 24.3 Å². The normalized spacial score (nSPS) is 11.0. The third-order valence-electron chi connectivity index (χ3n) is 2.70. The van der Waals surface area contributed by atoms with E-state index >= 15 is 0 Å². The second-order valence-corrected chi connectivity index (χ2v) is 4.06. The van der Waals surface area contributed by atoms with E-state index in [0.717, 1.165) is 6.07 Å². The fourth-order valence-corrected chi connectivity index (χ4v) is 1.98. The molecule has 0 bridgehead atoms. The summed E-state index contributed by atoms with van der Waals surface area (Å²) < 4.78 is 30.7. The first-order valence-corrected chi connectivity index (χ1v) is 6.58. The molecule has 0 amide bonds. The minimum absolute atomic E-state index is 0.0265. The zero-order valence-electron chi connectivity index (χ0n) is 12.0. The maximum atomic E-state index is 13.7. The van der Waals surface area contributed by atoms with Crippen LogP contribution in [0.2, 0.25) is 0 Å². The van der Waals surface area contributed by atoms with Crippen LogP contribution < -0.4 is 4.74 Å². The van der Waals surface area contributed by atoms with Crippen LogP contribution in [0.4, 0.5) is 8.78 Å². The van der Waals surface area contributed by atoms with Gasteiger partial charge >= 0.3 is 6.23 Å². The minimum Gasteiger partial charge on any atom is -0.508 e. The van der Waals surface area contributed by atoms with Gasteiger partial charge < -0.3 is 20.1 Å². The van der Waals surface area contributed by atoms with E-state index in [1.165, 1.54) is 18.2 Å². The molecule has 0 aliphatic carbocycles. The molecule has 0 unspecified atom stereocenters. The maximum Gasteiger partial charge on any atom is 0.492 e. The topological polar surface area (TPSA) is 69.9 Å². The molecule has 3 N–H and O–H groups in total. The maximum absolute atomic E-state index is 13.7. The average molecular weight is 300 g/mol. The molecule has 2 aromatic carbocycles. The molecule has 6 heteroatoms. The highest BCUT2D eigenvalue weighted by Crippen LogP contribution is 2.36. The van der Waals surface area contributed by atoms with E-state index in [1.807, 2.05) is 13.8 Å². The minimum atomic E-state index is -3.97. The molecule has 0 radical (unpaired) electrons. The SMILES string of the molecule is CC.CCc1cc(O)cc2ccc(F)c(OC(O)(O)F)c12. The number of hydrogen-bond donors (Lipinski definition) is 3. The summed E-state index contributed by atoms with van der Waals surface area (Å²) in [6.07, 6.45) is -3.56. The molecule has 2 aromatic rings. The summed E-state index contributed by atoms with van der Waals surface area (Å²) in [6, 6.07) is 5.09. The number of halogens is 2. The second kappa shape index (κ2) is 6.69. The van der Waals surface area contributed by atoms with Gasteiger partial charge in [0.25, 0.3) is 0 Å². The van der Waals surface area contributed by atoms with Crippen molar-refractivity contribution in [1.82, 2.24) is 0 Å². The van der Waals surface area contributed by atoms with Crippen molar-refractivity contribution in [3.05, 3.63) is 35.6 Å². The lowest BCUT2D eigenvalue weighted by Crippen LogP contribution is -2.29. The summed E-state index contributed by atoms with van der Waals surface area (Å²) in [6.45, 7) is 5.75. The Labute approximate surface area is 121 Å². The second-order valence-electron chi connectivity index (χ2n) is 4.06. The van der Waals surface area contributed by atoms with Gasteiger partial charge in [-0.2, -0.15) is 0 Å². The number of hydrogen-bond acceptors (Lipinski definition) is 4. The van der Waals surface area contributed by atoms with Crippen LogP contribution in [0.25, 0.3) is 10.8 Å². The van der Waals surface area contributed by atoms with E-state index in [-0.39, 0.29) is 11.1 Å². The third kappa shape index (κ3) is 4.03. The van der Waals surface area contributed by atoms with Crippen molar-refractivity contribution in [3.63, 3.8) is 0 Å². The van der Waals surface area contributed by atoms with Gasteiger partial charge in [-0.3, -0.25) is 0 Å². The van der Waals surface area contributed by atoms with Crippen molar-refractivity contribution < 1.29 is 28.8 Å². The van der Waals surface area contributed by atoms with Crippen LogP contribution in [0.3, 0.4) is 0 Å². The largest absolute Gasteiger partial charge is 0.508 e. The molecule has 0 saturated carbocycles. The van der Waals surface area contributed by atoms with E-state index < -0.39 is 17.8 Å². The number of aliphatic hydroxyl groups is 2. The first-order chi connectivity index (χ1) is 9.81. The fourth-order valence-electron chi connectivity index (χ4n) is 1.98. The summed E-state index contributed by atoms with van der Waals surface area (Å²) in [5.74, 6) is -1.57. The Bertz CT molecular complexity index is 621. The Hall–Kier alpha value is -1.92. The van der Waals surface area contributed by atoms with Crippen LogP contribution in [0.5, 0.6) is 11.5 Å². The summed E-state index contributed by atoms with van der Waals surface area (Å²) in [4.78, 5) is 0. The first kappa shape index (κ1) is 17.1. The van der Waals surface area contributed by atoms with E-state index in [1.54, 1.807) is 6.92 Å². The molecule has 21 heavy (non-hydrogen) atoms. The summed E-state index contributed by atoms with van der Waals surface area (Å²) >= 11 is 0. The quantitative estimate of drug-likeness (QED) is 0.761. The molecular weight excluding hydrogens is 282 g/mol. The smallest absolute Gasteiger partial charge is 0.492 e. The lowest BCUT2D eigenvalue weighted by molar-refractivity contribution is -0.375. The first-order valence-electron chi connectivity index (χ1n) is 6.58. The van der Waals surface area contributed by atoms with Crippen LogP contribution >= 0.6 is 0 Å². The molecule has 0 spiro atoms. The van der Waals surface area contributed by atoms with E-state index in [0.29, 0.717) is 17.4 Å². The monoisotopic (exact) mass is 300 g/mol. The van der Waals surface area contributed by atoms with Gasteiger partial charge in [-0.25, -0.2) is 4.39 Å². The third-order valence-corrected chi connectivity index (χ3v) is 2.70. The van der Waals surface area contributed by atoms with Gasteiger partial charge in [0.05, 0.1) is 0 Å². The highest BCUT2D eigenvalue weighted by atomic mass is 19.2. The Kier molecular flexibility index (Phi) is 5.46. The average Bonchev–Trinajstić information content (AvgIpc) is 2.42. The highest BCUT2D eigenvalue weighted by molar-refractivity contribution is 5.92. The molecule has 0 heterocycles. The molecule has 2 rings (SSSR count). The number of benzene rings is 2. The van der Waals surface area contributed by atoms with E-state index in [2.05, 4.69) is 4.74 Å². The number of phenolic OH excluding ortho intramolecular Hbond substituents is 1. The summed E-state index contributed by atoms with van der Waals surface area (Å²) in [5, 5.41) is 27.4. The van der Waals surface area contributed by atoms with Gasteiger partial charge in [0.15, 0.2) is 11.6 Å². The lowest BCUT2D eigenvalue weighted by Gasteiger charge is -2.17. The summed E-state index contributed by atoms with van der Waals surface area (Å²) in [7, 11) is 0. The molecule has 116 valence electrons. The number of aromatic hydroxyl groups is 1. The predicted octanol–water partition coefficient (Wildman–Crippen LogP) is 3.22. The molecule has 0 aliphatic rings. The fraction of sp³-hybridized carbons (Fsp3) is 0.333. The number of rotatable bonds is 3. The molecule has 0 aromatic heterocycles. The Balaban J connectivity index is 0.00000106. The zero-order chi connectivity index (χ0) is 16.2. The number of phenols is 1. The molecule has 0 aliphatic heterocycles. The molecule has 0 fully saturated rings. The van der Waals surface area contributed by atoms with E-state index in [4.69, 9.17) is 10.2 Å². The van der Waals surface area contributed by atoms with Crippen molar-refractivity contribution in [2.24, 2.45) is 0 Å². The van der Waals surface area contributed by atoms with Gasteiger partial charge in [0.2, 0.25) is 0 Å². The van der Waals surface area contributed by atoms with Crippen molar-refractivity contribution >= 4 is 10.8 Å². The number of aryl methyl sites for hydroxylation is 1. The van der Waals surface area contributed by atoms with Gasteiger partial charge in [0, 0.05) is 5.39 Å². The summed E-state index contributed by atoms with van der Waals surface area (Å²) in [5.41, 5.74) is 0.494. The van der Waals surface area contributed by atoms with Crippen LogP contribution in [0.1, 0.15) is 26.3 Å².